The van der Waals surface area contributed by atoms with Crippen LogP contribution in [0.1, 0.15) is 5.56 Å². The second-order valence-corrected chi connectivity index (χ2v) is 3.14. The molecule has 0 aromatic heterocycles. The number of rotatable bonds is 4. The minimum atomic E-state index is -0.470. The molecule has 6 heteroatoms. The molecule has 0 aliphatic rings. The van der Waals surface area contributed by atoms with Crippen molar-refractivity contribution < 1.29 is 9.72 Å². The normalized spacial score (nSPS) is 9.67. The van der Waals surface area contributed by atoms with E-state index in [4.69, 9.17) is 0 Å². The Balaban J connectivity index is 2.76. The molecule has 0 aliphatic carbocycles. The average molecular weight is 226 g/mol. The van der Waals surface area contributed by atoms with Crippen molar-refractivity contribution in [1.29, 1.82) is 0 Å². The Hall–Kier alpha value is -1.56. The first kappa shape index (κ1) is 11.5. The van der Waals surface area contributed by atoms with E-state index < -0.39 is 4.92 Å². The van der Waals surface area contributed by atoms with Crippen molar-refractivity contribution in [3.05, 3.63) is 39.9 Å². The summed E-state index contributed by atoms with van der Waals surface area (Å²) in [7, 11) is 0. The van der Waals surface area contributed by atoms with Gasteiger partial charge in [0.05, 0.1) is 10.7 Å². The summed E-state index contributed by atoms with van der Waals surface area (Å²) in [5.74, 6) is -0.183. The summed E-state index contributed by atoms with van der Waals surface area (Å²) in [5, 5.41) is 13.1. The van der Waals surface area contributed by atoms with Crippen LogP contribution in [0, 0.1) is 10.1 Å². The van der Waals surface area contributed by atoms with E-state index in [2.05, 4.69) is 17.9 Å². The molecular weight excluding hydrogens is 216 g/mol. The highest BCUT2D eigenvalue weighted by atomic mass is 32.1. The molecule has 0 unspecified atom stereocenters. The lowest BCUT2D eigenvalue weighted by Crippen LogP contribution is -2.24. The van der Waals surface area contributed by atoms with E-state index in [0.717, 1.165) is 0 Å². The predicted molar refractivity (Wildman–Crippen MR) is 58.8 cm³/mol. The molecule has 1 rings (SSSR count). The van der Waals surface area contributed by atoms with E-state index in [9.17, 15) is 14.9 Å². The van der Waals surface area contributed by atoms with Gasteiger partial charge in [0.15, 0.2) is 0 Å². The highest BCUT2D eigenvalue weighted by Crippen LogP contribution is 2.16. The number of thiol groups is 1. The van der Waals surface area contributed by atoms with Gasteiger partial charge in [0.1, 0.15) is 0 Å². The van der Waals surface area contributed by atoms with Gasteiger partial charge in [0, 0.05) is 18.2 Å². The van der Waals surface area contributed by atoms with Gasteiger partial charge in [-0.3, -0.25) is 14.9 Å². The molecule has 1 aromatic rings. The zero-order chi connectivity index (χ0) is 11.3. The fraction of sp³-hybridized carbons (Fsp3) is 0.222. The lowest BCUT2D eigenvalue weighted by Gasteiger charge is -2.03. The first-order valence-electron chi connectivity index (χ1n) is 4.25. The van der Waals surface area contributed by atoms with Gasteiger partial charge in [0.25, 0.3) is 5.69 Å². The Morgan fingerprint density at radius 1 is 1.47 bits per heavy atom. The third-order valence-corrected chi connectivity index (χ3v) is 2.10. The fourth-order valence-electron chi connectivity index (χ4n) is 1.09. The van der Waals surface area contributed by atoms with Crippen molar-refractivity contribution in [2.24, 2.45) is 0 Å². The Labute approximate surface area is 92.0 Å². The van der Waals surface area contributed by atoms with E-state index in [1.54, 1.807) is 18.2 Å². The molecule has 5 nitrogen and oxygen atoms in total. The van der Waals surface area contributed by atoms with Crippen LogP contribution in [-0.4, -0.2) is 16.6 Å². The average Bonchev–Trinajstić information content (AvgIpc) is 2.26. The van der Waals surface area contributed by atoms with Crippen molar-refractivity contribution in [2.45, 2.75) is 6.54 Å². The molecule has 0 spiro atoms. The lowest BCUT2D eigenvalue weighted by atomic mass is 10.2. The number of carbonyl (C=O) groups is 1. The molecule has 0 saturated carbocycles. The number of carbonyl (C=O) groups excluding carboxylic acids is 1. The van der Waals surface area contributed by atoms with Gasteiger partial charge in [0.2, 0.25) is 5.91 Å². The van der Waals surface area contributed by atoms with E-state index in [0.29, 0.717) is 5.56 Å². The second-order valence-electron chi connectivity index (χ2n) is 2.82. The molecule has 0 radical (unpaired) electrons. The maximum atomic E-state index is 10.9. The Morgan fingerprint density at radius 3 is 2.73 bits per heavy atom. The van der Waals surface area contributed by atoms with Crippen molar-refractivity contribution >= 4 is 24.2 Å². The highest BCUT2D eigenvalue weighted by molar-refractivity contribution is 7.81. The maximum absolute atomic E-state index is 10.9. The number of para-hydroxylation sites is 1. The van der Waals surface area contributed by atoms with Gasteiger partial charge in [-0.2, -0.15) is 12.6 Å². The third kappa shape index (κ3) is 3.25. The number of benzene rings is 1. The summed E-state index contributed by atoms with van der Waals surface area (Å²) >= 11 is 3.78. The van der Waals surface area contributed by atoms with Gasteiger partial charge < -0.3 is 5.32 Å². The number of nitro groups is 1. The predicted octanol–water partition coefficient (Wildman–Crippen LogP) is 1.14. The van der Waals surface area contributed by atoms with Crippen LogP contribution in [-0.2, 0) is 11.3 Å². The van der Waals surface area contributed by atoms with Gasteiger partial charge in [-0.05, 0) is 0 Å². The van der Waals surface area contributed by atoms with Gasteiger partial charge in [-0.1, -0.05) is 18.2 Å². The molecule has 15 heavy (non-hydrogen) atoms. The van der Waals surface area contributed by atoms with Crippen LogP contribution in [0.4, 0.5) is 5.69 Å². The fourth-order valence-corrected chi connectivity index (χ4v) is 1.20. The van der Waals surface area contributed by atoms with Crippen LogP contribution in [0.3, 0.4) is 0 Å². The van der Waals surface area contributed by atoms with Crippen LogP contribution < -0.4 is 5.32 Å². The zero-order valence-electron chi connectivity index (χ0n) is 7.84. The van der Waals surface area contributed by atoms with Crippen LogP contribution in [0.15, 0.2) is 24.3 Å². The lowest BCUT2D eigenvalue weighted by molar-refractivity contribution is -0.385. The van der Waals surface area contributed by atoms with Gasteiger partial charge >= 0.3 is 0 Å². The molecule has 0 aliphatic heterocycles. The molecular formula is C9H10N2O3S. The molecule has 0 saturated heterocycles. The quantitative estimate of drug-likeness (QED) is 0.459. The van der Waals surface area contributed by atoms with Crippen LogP contribution in [0.5, 0.6) is 0 Å². The van der Waals surface area contributed by atoms with E-state index in [1.165, 1.54) is 6.07 Å². The Morgan fingerprint density at radius 2 is 2.13 bits per heavy atom. The monoisotopic (exact) mass is 226 g/mol. The minimum absolute atomic E-state index is 0.0111. The number of nitrogens with one attached hydrogen (secondary N) is 1. The van der Waals surface area contributed by atoms with E-state index in [-0.39, 0.29) is 23.9 Å². The molecule has 0 bridgehead atoms. The standard InChI is InChI=1S/C9H10N2O3S/c12-9(6-15)10-5-7-3-1-2-4-8(7)11(13)14/h1-4,15H,5-6H2,(H,10,12). The number of nitro benzene ring substituents is 1. The van der Waals surface area contributed by atoms with Gasteiger partial charge in [-0.25, -0.2) is 0 Å². The van der Waals surface area contributed by atoms with Crippen molar-refractivity contribution in [1.82, 2.24) is 5.32 Å². The summed E-state index contributed by atoms with van der Waals surface area (Å²) in [5.41, 5.74) is 0.495. The topological polar surface area (TPSA) is 72.2 Å². The molecule has 1 N–H and O–H groups in total. The number of amides is 1. The largest absolute Gasteiger partial charge is 0.351 e. The Bertz CT molecular complexity index is 381. The van der Waals surface area contributed by atoms with Crippen molar-refractivity contribution in [2.75, 3.05) is 5.75 Å². The van der Waals surface area contributed by atoms with Crippen molar-refractivity contribution in [3.8, 4) is 0 Å². The SMILES string of the molecule is O=C(CS)NCc1ccccc1[N+](=O)[O-]. The molecule has 1 aromatic carbocycles. The molecule has 1 amide bonds. The van der Waals surface area contributed by atoms with Gasteiger partial charge in [-0.15, -0.1) is 0 Å². The number of hydrogen-bond acceptors (Lipinski definition) is 4. The maximum Gasteiger partial charge on any atom is 0.274 e. The molecule has 0 atom stereocenters. The third-order valence-electron chi connectivity index (χ3n) is 1.81. The molecule has 80 valence electrons. The number of nitrogens with zero attached hydrogens (tertiary/aromatic N) is 1. The minimum Gasteiger partial charge on any atom is -0.351 e. The summed E-state index contributed by atoms with van der Waals surface area (Å²) in [6.45, 7) is 0.149. The van der Waals surface area contributed by atoms with E-state index >= 15 is 0 Å². The Kier molecular flexibility index (Phi) is 4.11. The summed E-state index contributed by atoms with van der Waals surface area (Å²) < 4.78 is 0. The first-order chi connectivity index (χ1) is 7.15. The highest BCUT2D eigenvalue weighted by Gasteiger charge is 2.12. The summed E-state index contributed by atoms with van der Waals surface area (Å²) in [4.78, 5) is 21.1. The smallest absolute Gasteiger partial charge is 0.274 e. The summed E-state index contributed by atoms with van der Waals surface area (Å²) in [6.07, 6.45) is 0. The van der Waals surface area contributed by atoms with Crippen LogP contribution in [0.25, 0.3) is 0 Å². The number of hydrogen-bond donors (Lipinski definition) is 2. The summed E-state index contributed by atoms with van der Waals surface area (Å²) in [6, 6.07) is 6.29. The molecule has 0 heterocycles. The van der Waals surface area contributed by atoms with Crippen molar-refractivity contribution in [3.63, 3.8) is 0 Å². The van der Waals surface area contributed by atoms with E-state index in [1.807, 2.05) is 0 Å². The zero-order valence-corrected chi connectivity index (χ0v) is 8.74. The second kappa shape index (κ2) is 5.35. The first-order valence-corrected chi connectivity index (χ1v) is 4.88. The van der Waals surface area contributed by atoms with Crippen LogP contribution in [0.2, 0.25) is 0 Å². The van der Waals surface area contributed by atoms with Crippen LogP contribution >= 0.6 is 12.6 Å². The molecule has 0 fully saturated rings.